The third-order valence-electron chi connectivity index (χ3n) is 3.11. The monoisotopic (exact) mass is 365 g/mol. The van der Waals surface area contributed by atoms with E-state index >= 15 is 0 Å². The number of carbonyl (C=O) groups is 1. The summed E-state index contributed by atoms with van der Waals surface area (Å²) in [7, 11) is 1.34. The number of halogens is 2. The minimum Gasteiger partial charge on any atom is -0.496 e. The lowest BCUT2D eigenvalue weighted by Crippen LogP contribution is -2.06. The van der Waals surface area contributed by atoms with E-state index in [0.717, 1.165) is 12.1 Å². The number of methoxy groups -OCH3 is 1. The Hall–Kier alpha value is -3.49. The van der Waals surface area contributed by atoms with Crippen LogP contribution in [0.5, 0.6) is 17.2 Å². The van der Waals surface area contributed by atoms with Crippen LogP contribution in [0, 0.1) is 10.1 Å². The van der Waals surface area contributed by atoms with Gasteiger partial charge in [0.25, 0.3) is 0 Å². The first-order valence-corrected chi connectivity index (χ1v) is 7.17. The molecule has 0 bridgehead atoms. The lowest BCUT2D eigenvalue weighted by Gasteiger charge is -2.07. The quantitative estimate of drug-likeness (QED) is 0.244. The van der Waals surface area contributed by atoms with Crippen LogP contribution in [0.25, 0.3) is 6.08 Å². The average molecular weight is 365 g/mol. The number of esters is 1. The molecule has 0 heterocycles. The molecule has 0 atom stereocenters. The van der Waals surface area contributed by atoms with Gasteiger partial charge in [0.15, 0.2) is 0 Å². The lowest BCUT2D eigenvalue weighted by atomic mass is 10.2. The molecule has 0 amide bonds. The van der Waals surface area contributed by atoms with E-state index in [0.29, 0.717) is 0 Å². The van der Waals surface area contributed by atoms with Crippen LogP contribution >= 0.6 is 0 Å². The molecule has 2 aromatic rings. The second-order valence-electron chi connectivity index (χ2n) is 4.76. The average Bonchev–Trinajstić information content (AvgIpc) is 2.60. The van der Waals surface area contributed by atoms with E-state index in [1.54, 1.807) is 6.07 Å². The van der Waals surface area contributed by atoms with Gasteiger partial charge < -0.3 is 14.2 Å². The third-order valence-corrected chi connectivity index (χ3v) is 3.11. The number of benzene rings is 2. The van der Waals surface area contributed by atoms with Crippen molar-refractivity contribution >= 4 is 17.7 Å². The summed E-state index contributed by atoms with van der Waals surface area (Å²) < 4.78 is 38.9. The Labute approximate surface area is 146 Å². The van der Waals surface area contributed by atoms with Crippen molar-refractivity contribution in [2.75, 3.05) is 7.11 Å². The molecule has 0 aliphatic heterocycles. The Morgan fingerprint density at radius 2 is 1.92 bits per heavy atom. The number of carbonyl (C=O) groups excluding carboxylic acids is 1. The van der Waals surface area contributed by atoms with Gasteiger partial charge >= 0.3 is 18.3 Å². The van der Waals surface area contributed by atoms with Crippen molar-refractivity contribution in [3.8, 4) is 17.2 Å². The molecule has 0 N–H and O–H groups in total. The Morgan fingerprint density at radius 1 is 1.19 bits per heavy atom. The normalized spacial score (nSPS) is 10.8. The molecule has 0 saturated heterocycles. The fourth-order valence-corrected chi connectivity index (χ4v) is 1.97. The van der Waals surface area contributed by atoms with E-state index in [1.807, 2.05) is 0 Å². The van der Waals surface area contributed by atoms with Gasteiger partial charge in [0.2, 0.25) is 5.75 Å². The highest BCUT2D eigenvalue weighted by atomic mass is 19.3. The predicted octanol–water partition coefficient (Wildman–Crippen LogP) is 3.82. The van der Waals surface area contributed by atoms with Crippen molar-refractivity contribution < 1.29 is 32.7 Å². The first-order chi connectivity index (χ1) is 12.4. The number of rotatable bonds is 7. The number of nitro benzene ring substituents is 1. The fourth-order valence-electron chi connectivity index (χ4n) is 1.97. The topological polar surface area (TPSA) is 87.9 Å². The molecule has 0 saturated carbocycles. The zero-order valence-corrected chi connectivity index (χ0v) is 13.4. The largest absolute Gasteiger partial charge is 0.496 e. The van der Waals surface area contributed by atoms with Crippen LogP contribution in [0.2, 0.25) is 0 Å². The SMILES string of the molecule is COc1ccc(OC(=O)C=Cc2ccccc2OC(F)F)c([N+](=O)[O-])c1. The van der Waals surface area contributed by atoms with Gasteiger partial charge in [-0.15, -0.1) is 0 Å². The van der Waals surface area contributed by atoms with Gasteiger partial charge in [-0.25, -0.2) is 4.79 Å². The standard InChI is InChI=1S/C17H13F2NO6/c1-24-12-7-8-15(13(10-12)20(22)23)25-16(21)9-6-11-4-2-3-5-14(11)26-17(18)19/h2-10,17H,1H3. The smallest absolute Gasteiger partial charge is 0.387 e. The molecule has 0 radical (unpaired) electrons. The summed E-state index contributed by atoms with van der Waals surface area (Å²) in [6.45, 7) is -3.02. The van der Waals surface area contributed by atoms with Crippen LogP contribution in [0.3, 0.4) is 0 Å². The third kappa shape index (κ3) is 5.00. The van der Waals surface area contributed by atoms with Crippen molar-refractivity contribution in [1.29, 1.82) is 0 Å². The Bertz CT molecular complexity index is 838. The molecule has 7 nitrogen and oxygen atoms in total. The zero-order chi connectivity index (χ0) is 19.1. The maximum absolute atomic E-state index is 12.4. The molecular weight excluding hydrogens is 352 g/mol. The minimum absolute atomic E-state index is 0.123. The second kappa shape index (κ2) is 8.56. The summed E-state index contributed by atoms with van der Waals surface area (Å²) in [5.74, 6) is -1.10. The molecule has 9 heteroatoms. The maximum atomic E-state index is 12.4. The van der Waals surface area contributed by atoms with Gasteiger partial charge in [-0.3, -0.25) is 10.1 Å². The summed E-state index contributed by atoms with van der Waals surface area (Å²) in [6.07, 6.45) is 2.15. The second-order valence-corrected chi connectivity index (χ2v) is 4.76. The number of hydrogen-bond acceptors (Lipinski definition) is 6. The van der Waals surface area contributed by atoms with Crippen molar-refractivity contribution in [1.82, 2.24) is 0 Å². The van der Waals surface area contributed by atoms with E-state index in [9.17, 15) is 23.7 Å². The van der Waals surface area contributed by atoms with Gasteiger partial charge in [0, 0.05) is 11.6 Å². The summed E-state index contributed by atoms with van der Waals surface area (Å²) in [5, 5.41) is 11.1. The van der Waals surface area contributed by atoms with Gasteiger partial charge in [-0.1, -0.05) is 18.2 Å². The number of nitrogens with zero attached hydrogens (tertiary/aromatic N) is 1. The van der Waals surface area contributed by atoms with E-state index in [2.05, 4.69) is 4.74 Å². The Morgan fingerprint density at radius 3 is 2.58 bits per heavy atom. The molecule has 0 unspecified atom stereocenters. The molecule has 0 spiro atoms. The molecule has 0 fully saturated rings. The van der Waals surface area contributed by atoms with E-state index < -0.39 is 23.2 Å². The number of ether oxygens (including phenoxy) is 3. The number of para-hydroxylation sites is 1. The van der Waals surface area contributed by atoms with E-state index in [1.165, 1.54) is 43.5 Å². The fraction of sp³-hybridized carbons (Fsp3) is 0.118. The van der Waals surface area contributed by atoms with Gasteiger partial charge in [0.1, 0.15) is 11.5 Å². The number of nitro groups is 1. The van der Waals surface area contributed by atoms with Crippen LogP contribution in [0.15, 0.2) is 48.5 Å². The van der Waals surface area contributed by atoms with Crippen LogP contribution in [0.4, 0.5) is 14.5 Å². The Balaban J connectivity index is 2.17. The molecule has 2 rings (SSSR count). The maximum Gasteiger partial charge on any atom is 0.387 e. The van der Waals surface area contributed by atoms with Crippen molar-refractivity contribution in [3.05, 3.63) is 64.2 Å². The highest BCUT2D eigenvalue weighted by molar-refractivity contribution is 5.89. The summed E-state index contributed by atoms with van der Waals surface area (Å²) >= 11 is 0. The van der Waals surface area contributed by atoms with Crippen LogP contribution < -0.4 is 14.2 Å². The zero-order valence-electron chi connectivity index (χ0n) is 13.4. The Kier molecular flexibility index (Phi) is 6.20. The molecule has 2 aromatic carbocycles. The summed E-state index contributed by atoms with van der Waals surface area (Å²) in [6, 6.07) is 9.55. The molecular formula is C17H13F2NO6. The van der Waals surface area contributed by atoms with Crippen LogP contribution in [0.1, 0.15) is 5.56 Å². The minimum atomic E-state index is -3.02. The molecule has 26 heavy (non-hydrogen) atoms. The van der Waals surface area contributed by atoms with Crippen molar-refractivity contribution in [3.63, 3.8) is 0 Å². The summed E-state index contributed by atoms with van der Waals surface area (Å²) in [5.41, 5.74) is -0.235. The summed E-state index contributed by atoms with van der Waals surface area (Å²) in [4.78, 5) is 22.2. The lowest BCUT2D eigenvalue weighted by molar-refractivity contribution is -0.385. The predicted molar refractivity (Wildman–Crippen MR) is 87.4 cm³/mol. The van der Waals surface area contributed by atoms with Gasteiger partial charge in [-0.2, -0.15) is 8.78 Å². The van der Waals surface area contributed by atoms with E-state index in [4.69, 9.17) is 9.47 Å². The molecule has 136 valence electrons. The van der Waals surface area contributed by atoms with E-state index in [-0.39, 0.29) is 22.8 Å². The highest BCUT2D eigenvalue weighted by Gasteiger charge is 2.18. The van der Waals surface area contributed by atoms with Gasteiger partial charge in [0.05, 0.1) is 18.1 Å². The first-order valence-electron chi connectivity index (χ1n) is 7.17. The highest BCUT2D eigenvalue weighted by Crippen LogP contribution is 2.31. The van der Waals surface area contributed by atoms with Gasteiger partial charge in [-0.05, 0) is 24.3 Å². The molecule has 0 aromatic heterocycles. The van der Waals surface area contributed by atoms with Crippen molar-refractivity contribution in [2.45, 2.75) is 6.61 Å². The molecule has 0 aliphatic rings. The molecule has 0 aliphatic carbocycles. The first kappa shape index (κ1) is 18.8. The van der Waals surface area contributed by atoms with Crippen LogP contribution in [-0.2, 0) is 4.79 Å². The number of hydrogen-bond donors (Lipinski definition) is 0. The van der Waals surface area contributed by atoms with Crippen LogP contribution in [-0.4, -0.2) is 24.6 Å². The van der Waals surface area contributed by atoms with Crippen molar-refractivity contribution in [2.24, 2.45) is 0 Å². The number of alkyl halides is 2.